The SMILES string of the molecule is CCn1nc(C)cc1C(=O)Nc1nc2cc(C(N)=O)ccc2n1CCCCn1c(NC(=O)c2cc(C)nn2CC)nc2cc(C(=O)NCCN3CCOCC3)ccc21. The third kappa shape index (κ3) is 8.62. The summed E-state index contributed by atoms with van der Waals surface area (Å²) in [4.78, 5) is 64.1. The molecule has 1 aliphatic rings. The lowest BCUT2D eigenvalue weighted by Crippen LogP contribution is -2.41. The molecule has 2 aromatic carbocycles. The maximum absolute atomic E-state index is 13.6. The molecule has 0 unspecified atom stereocenters. The van der Waals surface area contributed by atoms with E-state index in [1.165, 1.54) is 0 Å². The van der Waals surface area contributed by atoms with Crippen LogP contribution in [0.4, 0.5) is 11.9 Å². The van der Waals surface area contributed by atoms with Gasteiger partial charge in [-0.3, -0.25) is 44.1 Å². The molecule has 0 saturated carbocycles. The van der Waals surface area contributed by atoms with Crippen LogP contribution in [-0.2, 0) is 30.9 Å². The quantitative estimate of drug-likeness (QED) is 0.105. The number of imidazole rings is 2. The number of nitrogens with one attached hydrogen (secondary N) is 3. The Morgan fingerprint density at radius 1 is 0.690 bits per heavy atom. The first-order valence-corrected chi connectivity index (χ1v) is 19.6. The Morgan fingerprint density at radius 2 is 1.19 bits per heavy atom. The minimum Gasteiger partial charge on any atom is -0.379 e. The van der Waals surface area contributed by atoms with Crippen molar-refractivity contribution in [3.8, 4) is 0 Å². The molecule has 4 amide bonds. The second kappa shape index (κ2) is 17.4. The Labute approximate surface area is 334 Å². The van der Waals surface area contributed by atoms with Gasteiger partial charge in [-0.2, -0.15) is 10.2 Å². The van der Waals surface area contributed by atoms with Crippen LogP contribution in [0.15, 0.2) is 48.5 Å². The fraction of sp³-hybridized carbons (Fsp3) is 0.400. The number of unbranched alkanes of at least 4 members (excludes halogenated alkanes) is 1. The zero-order chi connectivity index (χ0) is 40.9. The first-order chi connectivity index (χ1) is 28.0. The molecular weight excluding hydrogens is 743 g/mol. The number of ether oxygens (including phenoxy) is 1. The first kappa shape index (κ1) is 39.8. The molecule has 5 N–H and O–H groups in total. The predicted molar refractivity (Wildman–Crippen MR) is 218 cm³/mol. The third-order valence-corrected chi connectivity index (χ3v) is 10.2. The van der Waals surface area contributed by atoms with Gasteiger partial charge in [0.15, 0.2) is 0 Å². The van der Waals surface area contributed by atoms with Crippen LogP contribution in [0.3, 0.4) is 0 Å². The summed E-state index contributed by atoms with van der Waals surface area (Å²) in [5, 5.41) is 17.8. The van der Waals surface area contributed by atoms with Gasteiger partial charge in [-0.15, -0.1) is 0 Å². The molecule has 18 nitrogen and oxygen atoms in total. The Bertz CT molecular complexity index is 2490. The van der Waals surface area contributed by atoms with Crippen molar-refractivity contribution >= 4 is 57.6 Å². The van der Waals surface area contributed by atoms with Gasteiger partial charge in [0.1, 0.15) is 11.4 Å². The molecule has 0 spiro atoms. The molecule has 18 heteroatoms. The molecule has 7 rings (SSSR count). The van der Waals surface area contributed by atoms with Crippen LogP contribution in [0, 0.1) is 13.8 Å². The lowest BCUT2D eigenvalue weighted by Gasteiger charge is -2.26. The zero-order valence-electron chi connectivity index (χ0n) is 33.2. The van der Waals surface area contributed by atoms with Crippen LogP contribution >= 0.6 is 0 Å². The number of nitrogens with zero attached hydrogens (tertiary/aromatic N) is 9. The van der Waals surface area contributed by atoms with Gasteiger partial charge in [0.05, 0.1) is 46.7 Å². The molecule has 1 fully saturated rings. The minimum absolute atomic E-state index is 0.203. The van der Waals surface area contributed by atoms with Crippen molar-refractivity contribution in [3.63, 3.8) is 0 Å². The van der Waals surface area contributed by atoms with E-state index < -0.39 is 5.91 Å². The summed E-state index contributed by atoms with van der Waals surface area (Å²) in [5.74, 6) is -0.822. The molecule has 304 valence electrons. The van der Waals surface area contributed by atoms with Crippen molar-refractivity contribution in [1.29, 1.82) is 0 Å². The van der Waals surface area contributed by atoms with E-state index in [1.807, 2.05) is 42.9 Å². The Morgan fingerprint density at radius 3 is 1.69 bits per heavy atom. The summed E-state index contributed by atoms with van der Waals surface area (Å²) < 4.78 is 12.5. The number of aryl methyl sites for hydroxylation is 6. The monoisotopic (exact) mass is 791 g/mol. The lowest BCUT2D eigenvalue weighted by molar-refractivity contribution is 0.0383. The van der Waals surface area contributed by atoms with Crippen LogP contribution in [-0.4, -0.2) is 107 Å². The highest BCUT2D eigenvalue weighted by Gasteiger charge is 2.22. The Balaban J connectivity index is 1.12. The molecule has 0 aliphatic carbocycles. The molecule has 0 radical (unpaired) electrons. The normalized spacial score (nSPS) is 13.3. The maximum Gasteiger partial charge on any atom is 0.276 e. The molecule has 0 bridgehead atoms. The van der Waals surface area contributed by atoms with Gasteiger partial charge in [-0.1, -0.05) is 0 Å². The van der Waals surface area contributed by atoms with Crippen LogP contribution in [0.1, 0.15) is 79.8 Å². The van der Waals surface area contributed by atoms with Crippen molar-refractivity contribution in [2.24, 2.45) is 5.73 Å². The number of hydrogen-bond donors (Lipinski definition) is 4. The highest BCUT2D eigenvalue weighted by atomic mass is 16.5. The Kier molecular flexibility index (Phi) is 11.9. The highest BCUT2D eigenvalue weighted by Crippen LogP contribution is 2.26. The molecule has 1 aliphatic heterocycles. The van der Waals surface area contributed by atoms with E-state index in [0.29, 0.717) is 104 Å². The van der Waals surface area contributed by atoms with E-state index in [4.69, 9.17) is 20.4 Å². The average Bonchev–Trinajstić information content (AvgIpc) is 3.98. The number of nitrogens with two attached hydrogens (primary N) is 1. The highest BCUT2D eigenvalue weighted by molar-refractivity contribution is 6.04. The largest absolute Gasteiger partial charge is 0.379 e. The first-order valence-electron chi connectivity index (χ1n) is 19.6. The van der Waals surface area contributed by atoms with Gasteiger partial charge in [-0.25, -0.2) is 9.97 Å². The van der Waals surface area contributed by atoms with Crippen molar-refractivity contribution < 1.29 is 23.9 Å². The number of primary amides is 1. The van der Waals surface area contributed by atoms with Crippen LogP contribution in [0.2, 0.25) is 0 Å². The van der Waals surface area contributed by atoms with Crippen molar-refractivity contribution in [2.75, 3.05) is 50.0 Å². The number of fused-ring (bicyclic) bond motifs is 2. The number of carbonyl (C=O) groups excluding carboxylic acids is 4. The minimum atomic E-state index is -0.578. The molecule has 5 heterocycles. The number of anilines is 2. The van der Waals surface area contributed by atoms with Gasteiger partial charge in [0.25, 0.3) is 17.7 Å². The summed E-state index contributed by atoms with van der Waals surface area (Å²) in [5.41, 5.74) is 11.2. The molecular formula is C40H49N13O5. The zero-order valence-corrected chi connectivity index (χ0v) is 33.2. The van der Waals surface area contributed by atoms with Crippen molar-refractivity contribution in [3.05, 3.63) is 82.4 Å². The standard InChI is InChI=1S/C40H49N13O5/c1-5-52-33(21-25(3)47-52)37(56)45-39-43-29-23-27(35(41)54)9-11-31(29)50(39)14-7-8-15-51-32-12-10-28(36(55)42-13-16-49-17-19-58-20-18-49)24-30(32)44-40(51)46-38(57)34-22-26(4)48-53(34)6-2/h9-12,21-24H,5-8,13-20H2,1-4H3,(H2,41,54)(H,42,55)(H,43,45,56)(H,44,46,57). The maximum atomic E-state index is 13.6. The summed E-state index contributed by atoms with van der Waals surface area (Å²) in [6.45, 7) is 13.8. The van der Waals surface area contributed by atoms with Gasteiger partial charge >= 0.3 is 0 Å². The summed E-state index contributed by atoms with van der Waals surface area (Å²) in [6.07, 6.45) is 1.27. The number of aromatic nitrogens is 8. The van der Waals surface area contributed by atoms with Gasteiger partial charge in [0.2, 0.25) is 17.8 Å². The smallest absolute Gasteiger partial charge is 0.276 e. The van der Waals surface area contributed by atoms with E-state index in [2.05, 4.69) is 31.0 Å². The van der Waals surface area contributed by atoms with Gasteiger partial charge in [-0.05, 0) is 89.1 Å². The number of amides is 4. The molecule has 6 aromatic rings. The number of rotatable bonds is 16. The van der Waals surface area contributed by atoms with E-state index in [0.717, 1.165) is 42.1 Å². The van der Waals surface area contributed by atoms with Crippen molar-refractivity contribution in [1.82, 2.24) is 48.9 Å². The predicted octanol–water partition coefficient (Wildman–Crippen LogP) is 3.58. The summed E-state index contributed by atoms with van der Waals surface area (Å²) >= 11 is 0. The van der Waals surface area contributed by atoms with Crippen LogP contribution < -0.4 is 21.7 Å². The lowest BCUT2D eigenvalue weighted by atomic mass is 10.2. The summed E-state index contributed by atoms with van der Waals surface area (Å²) in [6, 6.07) is 13.8. The number of carbonyl (C=O) groups is 4. The van der Waals surface area contributed by atoms with Crippen LogP contribution in [0.25, 0.3) is 22.1 Å². The topological polar surface area (TPSA) is 214 Å². The number of morpholine rings is 1. The van der Waals surface area contributed by atoms with Crippen LogP contribution in [0.5, 0.6) is 0 Å². The van der Waals surface area contributed by atoms with Crippen molar-refractivity contribution in [2.45, 2.75) is 66.7 Å². The third-order valence-electron chi connectivity index (χ3n) is 10.2. The van der Waals surface area contributed by atoms with Gasteiger partial charge in [0, 0.05) is 63.5 Å². The van der Waals surface area contributed by atoms with E-state index in [9.17, 15) is 19.2 Å². The fourth-order valence-corrected chi connectivity index (χ4v) is 7.26. The second-order valence-corrected chi connectivity index (χ2v) is 14.2. The molecule has 58 heavy (non-hydrogen) atoms. The summed E-state index contributed by atoms with van der Waals surface area (Å²) in [7, 11) is 0. The number of hydrogen-bond acceptors (Lipinski definition) is 10. The fourth-order valence-electron chi connectivity index (χ4n) is 7.26. The molecule has 0 atom stereocenters. The molecule has 4 aromatic heterocycles. The number of benzene rings is 2. The van der Waals surface area contributed by atoms with E-state index >= 15 is 0 Å². The Hall–Kier alpha value is -6.40. The molecule has 1 saturated heterocycles. The van der Waals surface area contributed by atoms with Gasteiger partial charge < -0.3 is 24.9 Å². The average molecular weight is 792 g/mol. The second-order valence-electron chi connectivity index (χ2n) is 14.2. The van der Waals surface area contributed by atoms with E-state index in [-0.39, 0.29) is 17.7 Å². The van der Waals surface area contributed by atoms with E-state index in [1.54, 1.807) is 51.8 Å².